The van der Waals surface area contributed by atoms with E-state index >= 15 is 0 Å². The molecule has 1 atom stereocenters. The number of rotatable bonds is 6. The highest BCUT2D eigenvalue weighted by Crippen LogP contribution is 2.42. The first kappa shape index (κ1) is 22.2. The second-order valence-corrected chi connectivity index (χ2v) is 8.34. The molecule has 2 heterocycles. The van der Waals surface area contributed by atoms with Crippen LogP contribution in [0.3, 0.4) is 0 Å². The van der Waals surface area contributed by atoms with Crippen molar-refractivity contribution >= 4 is 27.9 Å². The average Bonchev–Trinajstić information content (AvgIpc) is 3.06. The Morgan fingerprint density at radius 2 is 2.13 bits per heavy atom. The minimum atomic E-state index is -0.500. The van der Waals surface area contributed by atoms with Crippen molar-refractivity contribution < 1.29 is 19.4 Å². The number of esters is 1. The first-order valence-electron chi connectivity index (χ1n) is 10.0. The fourth-order valence-electron chi connectivity index (χ4n) is 3.69. The minimum absolute atomic E-state index is 0.0197. The molecule has 2 amide bonds. The van der Waals surface area contributed by atoms with Crippen LogP contribution in [0.4, 0.5) is 4.79 Å². The largest absolute Gasteiger partial charge is 0.461 e. The maximum absolute atomic E-state index is 12.8. The van der Waals surface area contributed by atoms with Crippen LogP contribution in [0.2, 0.25) is 0 Å². The molecule has 2 aromatic rings. The van der Waals surface area contributed by atoms with E-state index in [4.69, 9.17) is 4.74 Å². The number of carbonyl (C=O) groups is 2. The van der Waals surface area contributed by atoms with Crippen molar-refractivity contribution in [2.24, 2.45) is 0 Å². The first-order valence-corrected chi connectivity index (χ1v) is 10.8. The summed E-state index contributed by atoms with van der Waals surface area (Å²) < 4.78 is 6.04. The van der Waals surface area contributed by atoms with Crippen LogP contribution in [-0.4, -0.2) is 46.2 Å². The average molecular weight is 476 g/mol. The SMILES string of the molecule is CCOC(=O)c1cc2c(c(-c3cccc(Br)c3)n1)[C@H](CCO)N(C(=O)NC(C)C)C2. The number of amides is 2. The number of halogens is 1. The van der Waals surface area contributed by atoms with E-state index in [1.165, 1.54) is 0 Å². The molecule has 1 aromatic heterocycles. The summed E-state index contributed by atoms with van der Waals surface area (Å²) in [5.74, 6) is -0.500. The van der Waals surface area contributed by atoms with E-state index in [-0.39, 0.29) is 37.0 Å². The Morgan fingerprint density at radius 1 is 1.37 bits per heavy atom. The van der Waals surface area contributed by atoms with Gasteiger partial charge in [0.15, 0.2) is 0 Å². The van der Waals surface area contributed by atoms with Gasteiger partial charge in [-0.2, -0.15) is 0 Å². The van der Waals surface area contributed by atoms with Crippen LogP contribution < -0.4 is 5.32 Å². The third-order valence-corrected chi connectivity index (χ3v) is 5.35. The molecule has 0 spiro atoms. The quantitative estimate of drug-likeness (QED) is 0.614. The van der Waals surface area contributed by atoms with E-state index in [2.05, 4.69) is 26.2 Å². The highest BCUT2D eigenvalue weighted by atomic mass is 79.9. The van der Waals surface area contributed by atoms with Crippen molar-refractivity contribution in [3.8, 4) is 11.3 Å². The lowest BCUT2D eigenvalue weighted by atomic mass is 9.96. The van der Waals surface area contributed by atoms with Gasteiger partial charge in [-0.25, -0.2) is 14.6 Å². The summed E-state index contributed by atoms with van der Waals surface area (Å²) in [6.45, 7) is 6.04. The minimum Gasteiger partial charge on any atom is -0.461 e. The van der Waals surface area contributed by atoms with Crippen LogP contribution in [0, 0.1) is 0 Å². The molecule has 8 heteroatoms. The summed E-state index contributed by atoms with van der Waals surface area (Å²) in [5, 5.41) is 12.6. The van der Waals surface area contributed by atoms with Gasteiger partial charge in [-0.05, 0) is 51.0 Å². The highest BCUT2D eigenvalue weighted by Gasteiger charge is 2.37. The second kappa shape index (κ2) is 9.57. The molecule has 0 aliphatic carbocycles. The van der Waals surface area contributed by atoms with Gasteiger partial charge < -0.3 is 20.1 Å². The zero-order chi connectivity index (χ0) is 21.8. The molecule has 1 aliphatic heterocycles. The monoisotopic (exact) mass is 475 g/mol. The van der Waals surface area contributed by atoms with E-state index in [1.807, 2.05) is 38.1 Å². The van der Waals surface area contributed by atoms with Crippen molar-refractivity contribution in [3.63, 3.8) is 0 Å². The number of ether oxygens (including phenoxy) is 1. The number of aliphatic hydroxyl groups excluding tert-OH is 1. The second-order valence-electron chi connectivity index (χ2n) is 7.42. The van der Waals surface area contributed by atoms with Gasteiger partial charge >= 0.3 is 12.0 Å². The fourth-order valence-corrected chi connectivity index (χ4v) is 4.09. The van der Waals surface area contributed by atoms with Crippen LogP contribution in [0.1, 0.15) is 54.8 Å². The number of nitrogens with one attached hydrogen (secondary N) is 1. The van der Waals surface area contributed by atoms with Gasteiger partial charge in [0.25, 0.3) is 0 Å². The third-order valence-electron chi connectivity index (χ3n) is 4.85. The molecule has 0 unspecified atom stereocenters. The number of fused-ring (bicyclic) bond motifs is 1. The molecule has 1 aromatic carbocycles. The fraction of sp³-hybridized carbons (Fsp3) is 0.409. The number of benzene rings is 1. The Labute approximate surface area is 184 Å². The molecule has 0 saturated carbocycles. The number of aliphatic hydroxyl groups is 1. The molecule has 2 N–H and O–H groups in total. The van der Waals surface area contributed by atoms with Crippen LogP contribution >= 0.6 is 15.9 Å². The van der Waals surface area contributed by atoms with Crippen molar-refractivity contribution in [1.82, 2.24) is 15.2 Å². The Morgan fingerprint density at radius 3 is 2.77 bits per heavy atom. The van der Waals surface area contributed by atoms with Gasteiger partial charge in [0.1, 0.15) is 5.69 Å². The Hall–Kier alpha value is -2.45. The summed E-state index contributed by atoms with van der Waals surface area (Å²) in [4.78, 5) is 31.6. The van der Waals surface area contributed by atoms with Gasteiger partial charge in [0.05, 0.1) is 18.3 Å². The molecule has 0 bridgehead atoms. The van der Waals surface area contributed by atoms with E-state index < -0.39 is 5.97 Å². The maximum Gasteiger partial charge on any atom is 0.356 e. The Balaban J connectivity index is 2.16. The number of carbonyl (C=O) groups excluding carboxylic acids is 2. The molecule has 0 radical (unpaired) electrons. The van der Waals surface area contributed by atoms with Crippen molar-refractivity contribution in [3.05, 3.63) is 51.6 Å². The smallest absolute Gasteiger partial charge is 0.356 e. The molecule has 3 rings (SSSR count). The maximum atomic E-state index is 12.8. The topological polar surface area (TPSA) is 91.8 Å². The molecular formula is C22H26BrN3O4. The predicted molar refractivity (Wildman–Crippen MR) is 117 cm³/mol. The molecule has 160 valence electrons. The summed E-state index contributed by atoms with van der Waals surface area (Å²) in [5.41, 5.74) is 3.34. The predicted octanol–water partition coefficient (Wildman–Crippen LogP) is 4.04. The third kappa shape index (κ3) is 4.65. The van der Waals surface area contributed by atoms with E-state index in [0.29, 0.717) is 18.7 Å². The van der Waals surface area contributed by atoms with Crippen molar-refractivity contribution in [2.75, 3.05) is 13.2 Å². The zero-order valence-corrected chi connectivity index (χ0v) is 18.9. The first-order chi connectivity index (χ1) is 14.3. The zero-order valence-electron chi connectivity index (χ0n) is 17.3. The van der Waals surface area contributed by atoms with Gasteiger partial charge in [-0.15, -0.1) is 0 Å². The van der Waals surface area contributed by atoms with Crippen molar-refractivity contribution in [2.45, 2.75) is 45.8 Å². The van der Waals surface area contributed by atoms with Crippen LogP contribution in [0.25, 0.3) is 11.3 Å². The molecule has 0 fully saturated rings. The lowest BCUT2D eigenvalue weighted by Gasteiger charge is -2.26. The molecule has 0 saturated heterocycles. The lowest BCUT2D eigenvalue weighted by molar-refractivity contribution is 0.0519. The standard InChI is InChI=1S/C22H26BrN3O4/c1-4-30-21(28)17-11-15-12-26(22(29)24-13(2)3)18(8-9-27)19(15)20(25-17)14-6-5-7-16(23)10-14/h5-7,10-11,13,18,27H,4,8-9,12H2,1-3H3,(H,24,29)/t18-/m0/s1. The molecule has 7 nitrogen and oxygen atoms in total. The van der Waals surface area contributed by atoms with E-state index in [1.54, 1.807) is 17.9 Å². The van der Waals surface area contributed by atoms with E-state index in [0.717, 1.165) is 21.2 Å². The molecule has 30 heavy (non-hydrogen) atoms. The normalized spacial score (nSPS) is 15.3. The summed E-state index contributed by atoms with van der Waals surface area (Å²) in [6.07, 6.45) is 0.375. The summed E-state index contributed by atoms with van der Waals surface area (Å²) in [6, 6.07) is 8.75. The number of hydrogen-bond donors (Lipinski definition) is 2. The number of nitrogens with zero attached hydrogens (tertiary/aromatic N) is 2. The Bertz CT molecular complexity index is 948. The Kier molecular flexibility index (Phi) is 7.10. The number of urea groups is 1. The van der Waals surface area contributed by atoms with Crippen LogP contribution in [-0.2, 0) is 11.3 Å². The van der Waals surface area contributed by atoms with Crippen molar-refractivity contribution in [1.29, 1.82) is 0 Å². The number of aromatic nitrogens is 1. The van der Waals surface area contributed by atoms with Gasteiger partial charge in [-0.1, -0.05) is 28.1 Å². The molecule has 1 aliphatic rings. The van der Waals surface area contributed by atoms with Gasteiger partial charge in [0, 0.05) is 34.8 Å². The summed E-state index contributed by atoms with van der Waals surface area (Å²) >= 11 is 3.49. The molecular weight excluding hydrogens is 450 g/mol. The number of hydrogen-bond acceptors (Lipinski definition) is 5. The van der Waals surface area contributed by atoms with E-state index in [9.17, 15) is 14.7 Å². The van der Waals surface area contributed by atoms with Crippen LogP contribution in [0.15, 0.2) is 34.8 Å². The summed E-state index contributed by atoms with van der Waals surface area (Å²) in [7, 11) is 0. The highest BCUT2D eigenvalue weighted by molar-refractivity contribution is 9.10. The van der Waals surface area contributed by atoms with Crippen LogP contribution in [0.5, 0.6) is 0 Å². The van der Waals surface area contributed by atoms with Gasteiger partial charge in [0.2, 0.25) is 0 Å². The number of pyridine rings is 1. The van der Waals surface area contributed by atoms with Gasteiger partial charge in [-0.3, -0.25) is 0 Å². The lowest BCUT2D eigenvalue weighted by Crippen LogP contribution is -2.42.